The van der Waals surface area contributed by atoms with Gasteiger partial charge >= 0.3 is 0 Å². The first kappa shape index (κ1) is 13.8. The quantitative estimate of drug-likeness (QED) is 0.305. The van der Waals surface area contributed by atoms with Gasteiger partial charge in [0.1, 0.15) is 18.3 Å². The Morgan fingerprint density at radius 3 is 1.93 bits per heavy atom. The molecule has 0 bridgehead atoms. The van der Waals surface area contributed by atoms with Crippen molar-refractivity contribution in [3.05, 3.63) is 6.92 Å². The van der Waals surface area contributed by atoms with Crippen molar-refractivity contribution in [2.45, 2.75) is 37.6 Å². The molecule has 6 heteroatoms. The molecular weight excluding hydrogens is 192 g/mol. The molecule has 1 heterocycles. The SMILES string of the molecule is C[C@@H]1OC(O)[C@@H](O)[C@H](O)[C@@H]1O.[CH2]CO. The van der Waals surface area contributed by atoms with Gasteiger partial charge in [0.25, 0.3) is 0 Å². The molecular formula is C8H17O6. The molecule has 6 nitrogen and oxygen atoms in total. The molecule has 5 N–H and O–H groups in total. The normalized spacial score (nSPS) is 42.6. The average Bonchev–Trinajstić information content (AvgIpc) is 2.13. The average molecular weight is 209 g/mol. The van der Waals surface area contributed by atoms with Crippen molar-refractivity contribution in [2.75, 3.05) is 6.61 Å². The third kappa shape index (κ3) is 3.49. The molecule has 1 aliphatic rings. The number of hydrogen-bond donors (Lipinski definition) is 5. The highest BCUT2D eigenvalue weighted by Gasteiger charge is 2.40. The van der Waals surface area contributed by atoms with Crippen LogP contribution < -0.4 is 0 Å². The van der Waals surface area contributed by atoms with Crippen molar-refractivity contribution in [3.8, 4) is 0 Å². The molecule has 1 aliphatic heterocycles. The largest absolute Gasteiger partial charge is 0.396 e. The zero-order valence-electron chi connectivity index (χ0n) is 7.95. The Hall–Kier alpha value is -0.240. The number of aliphatic hydroxyl groups is 5. The van der Waals surface area contributed by atoms with E-state index in [0.29, 0.717) is 0 Å². The van der Waals surface area contributed by atoms with Gasteiger partial charge in [0.2, 0.25) is 0 Å². The van der Waals surface area contributed by atoms with Gasteiger partial charge in [0.05, 0.1) is 6.10 Å². The van der Waals surface area contributed by atoms with Crippen LogP contribution in [0.3, 0.4) is 0 Å². The standard InChI is InChI=1S/C6H12O5.C2H5O/c1-2-3(7)4(8)5(9)6(10)11-2;1-2-3/h2-10H,1H3;3H,1-2H2/t2-,3+,4+,5-,6?;/m0./s1. The molecule has 1 unspecified atom stereocenters. The third-order valence-electron chi connectivity index (χ3n) is 1.83. The van der Waals surface area contributed by atoms with Crippen molar-refractivity contribution < 1.29 is 30.3 Å². The molecule has 1 rings (SSSR count). The highest BCUT2D eigenvalue weighted by Crippen LogP contribution is 2.18. The molecule has 0 aliphatic carbocycles. The summed E-state index contributed by atoms with van der Waals surface area (Å²) in [5.41, 5.74) is 0. The monoisotopic (exact) mass is 209 g/mol. The molecule has 14 heavy (non-hydrogen) atoms. The van der Waals surface area contributed by atoms with Gasteiger partial charge in [0, 0.05) is 6.61 Å². The van der Waals surface area contributed by atoms with E-state index in [1.54, 1.807) is 0 Å². The van der Waals surface area contributed by atoms with Crippen molar-refractivity contribution >= 4 is 0 Å². The van der Waals surface area contributed by atoms with Gasteiger partial charge in [0.15, 0.2) is 6.29 Å². The molecule has 85 valence electrons. The maximum Gasteiger partial charge on any atom is 0.183 e. The first-order valence-electron chi connectivity index (χ1n) is 4.23. The Balaban J connectivity index is 0.000000500. The highest BCUT2D eigenvalue weighted by atomic mass is 16.6. The van der Waals surface area contributed by atoms with Crippen molar-refractivity contribution in [3.63, 3.8) is 0 Å². The summed E-state index contributed by atoms with van der Waals surface area (Å²) in [5.74, 6) is 0. The Bertz CT molecular complexity index is 139. The van der Waals surface area contributed by atoms with Gasteiger partial charge in [-0.05, 0) is 13.8 Å². The van der Waals surface area contributed by atoms with Gasteiger partial charge in [-0.3, -0.25) is 0 Å². The smallest absolute Gasteiger partial charge is 0.183 e. The summed E-state index contributed by atoms with van der Waals surface area (Å²) in [4.78, 5) is 0. The van der Waals surface area contributed by atoms with Gasteiger partial charge in [-0.1, -0.05) is 0 Å². The van der Waals surface area contributed by atoms with Crippen molar-refractivity contribution in [1.82, 2.24) is 0 Å². The molecule has 0 aromatic heterocycles. The van der Waals surface area contributed by atoms with Crippen LogP contribution in [0.1, 0.15) is 6.92 Å². The Labute approximate surface area is 82.4 Å². The molecule has 0 aromatic carbocycles. The molecule has 1 saturated heterocycles. The number of ether oxygens (including phenoxy) is 1. The van der Waals surface area contributed by atoms with Crippen LogP contribution in [0.4, 0.5) is 0 Å². The molecule has 0 amide bonds. The second-order valence-corrected chi connectivity index (χ2v) is 2.93. The van der Waals surface area contributed by atoms with E-state index < -0.39 is 30.7 Å². The van der Waals surface area contributed by atoms with Crippen LogP contribution in [-0.4, -0.2) is 62.8 Å². The predicted octanol–water partition coefficient (Wildman–Crippen LogP) is -2.38. The summed E-state index contributed by atoms with van der Waals surface area (Å²) < 4.78 is 4.68. The lowest BCUT2D eigenvalue weighted by Crippen LogP contribution is -2.56. The van der Waals surface area contributed by atoms with Crippen LogP contribution in [0.5, 0.6) is 0 Å². The zero-order valence-corrected chi connectivity index (χ0v) is 7.95. The molecule has 0 spiro atoms. The van der Waals surface area contributed by atoms with E-state index in [4.69, 9.17) is 25.5 Å². The summed E-state index contributed by atoms with van der Waals surface area (Å²) in [6.45, 7) is 4.54. The Morgan fingerprint density at radius 2 is 1.50 bits per heavy atom. The van der Waals surface area contributed by atoms with Crippen molar-refractivity contribution in [1.29, 1.82) is 0 Å². The number of hydrogen-bond acceptors (Lipinski definition) is 6. The minimum Gasteiger partial charge on any atom is -0.396 e. The van der Waals surface area contributed by atoms with Crippen LogP contribution in [0.15, 0.2) is 0 Å². The number of rotatable bonds is 0. The van der Waals surface area contributed by atoms with Gasteiger partial charge in [-0.2, -0.15) is 0 Å². The summed E-state index contributed by atoms with van der Waals surface area (Å²) in [7, 11) is 0. The van der Waals surface area contributed by atoms with Crippen LogP contribution >= 0.6 is 0 Å². The second kappa shape index (κ2) is 6.28. The summed E-state index contributed by atoms with van der Waals surface area (Å²) in [6.07, 6.45) is -5.99. The van der Waals surface area contributed by atoms with Gasteiger partial charge in [-0.15, -0.1) is 0 Å². The lowest BCUT2D eigenvalue weighted by Gasteiger charge is -2.36. The van der Waals surface area contributed by atoms with E-state index in [9.17, 15) is 0 Å². The topological polar surface area (TPSA) is 110 Å². The Morgan fingerprint density at radius 1 is 1.07 bits per heavy atom. The second-order valence-electron chi connectivity index (χ2n) is 2.93. The minimum absolute atomic E-state index is 0. The molecule has 0 saturated carbocycles. The zero-order chi connectivity index (χ0) is 11.3. The summed E-state index contributed by atoms with van der Waals surface area (Å²) in [6, 6.07) is 0. The van der Waals surface area contributed by atoms with E-state index in [0.717, 1.165) is 0 Å². The third-order valence-corrected chi connectivity index (χ3v) is 1.83. The van der Waals surface area contributed by atoms with E-state index in [1.807, 2.05) is 0 Å². The fourth-order valence-electron chi connectivity index (χ4n) is 1.03. The van der Waals surface area contributed by atoms with Crippen LogP contribution in [0.2, 0.25) is 0 Å². The van der Waals surface area contributed by atoms with E-state index in [1.165, 1.54) is 6.92 Å². The van der Waals surface area contributed by atoms with E-state index >= 15 is 0 Å². The fraction of sp³-hybridized carbons (Fsp3) is 0.875. The predicted molar refractivity (Wildman–Crippen MR) is 47.0 cm³/mol. The molecule has 0 aromatic rings. The summed E-state index contributed by atoms with van der Waals surface area (Å²) in [5, 5.41) is 43.4. The van der Waals surface area contributed by atoms with Crippen LogP contribution in [-0.2, 0) is 4.74 Å². The van der Waals surface area contributed by atoms with E-state index in [-0.39, 0.29) is 6.61 Å². The fourth-order valence-corrected chi connectivity index (χ4v) is 1.03. The maximum atomic E-state index is 9.09. The summed E-state index contributed by atoms with van der Waals surface area (Å²) >= 11 is 0. The molecule has 1 fully saturated rings. The maximum absolute atomic E-state index is 9.09. The van der Waals surface area contributed by atoms with Crippen molar-refractivity contribution in [2.24, 2.45) is 0 Å². The highest BCUT2D eigenvalue weighted by molar-refractivity contribution is 4.86. The first-order chi connectivity index (χ1) is 6.45. The Kier molecular flexibility index (Phi) is 6.17. The number of aliphatic hydroxyl groups excluding tert-OH is 5. The molecule has 5 atom stereocenters. The minimum atomic E-state index is -1.43. The first-order valence-corrected chi connectivity index (χ1v) is 4.23. The molecule has 1 radical (unpaired) electrons. The van der Waals surface area contributed by atoms with E-state index in [2.05, 4.69) is 11.7 Å². The lowest BCUT2D eigenvalue weighted by atomic mass is 10.0. The van der Waals surface area contributed by atoms with Crippen LogP contribution in [0.25, 0.3) is 0 Å². The lowest BCUT2D eigenvalue weighted by molar-refractivity contribution is -0.277. The van der Waals surface area contributed by atoms with Gasteiger partial charge in [-0.25, -0.2) is 0 Å². The van der Waals surface area contributed by atoms with Crippen LogP contribution in [0, 0.1) is 6.92 Å². The van der Waals surface area contributed by atoms with Gasteiger partial charge < -0.3 is 30.3 Å².